The lowest BCUT2D eigenvalue weighted by Crippen LogP contribution is -2.22. The smallest absolute Gasteiger partial charge is 0.305 e. The van der Waals surface area contributed by atoms with Gasteiger partial charge < -0.3 is 18.1 Å². The van der Waals surface area contributed by atoms with E-state index in [4.69, 9.17) is 18.1 Å². The predicted molar refractivity (Wildman–Crippen MR) is 96.9 cm³/mol. The topological polar surface area (TPSA) is 71.1 Å². The van der Waals surface area contributed by atoms with Crippen LogP contribution in [0.3, 0.4) is 0 Å². The molecule has 0 aliphatic heterocycles. The molecule has 0 atom stereocenters. The van der Waals surface area contributed by atoms with Crippen LogP contribution < -0.4 is 10.6 Å². The zero-order valence-electron chi connectivity index (χ0n) is 15.3. The van der Waals surface area contributed by atoms with Crippen molar-refractivity contribution in [3.63, 3.8) is 0 Å². The van der Waals surface area contributed by atoms with Crippen LogP contribution in [0.25, 0.3) is 0 Å². The third-order valence-electron chi connectivity index (χ3n) is 3.52. The van der Waals surface area contributed by atoms with Crippen molar-refractivity contribution in [2.45, 2.75) is 41.5 Å². The van der Waals surface area contributed by atoms with E-state index in [0.29, 0.717) is 21.7 Å². The van der Waals surface area contributed by atoms with Crippen molar-refractivity contribution in [3.8, 4) is 0 Å². The molecule has 24 heavy (non-hydrogen) atoms. The van der Waals surface area contributed by atoms with E-state index in [2.05, 4.69) is 0 Å². The summed E-state index contributed by atoms with van der Waals surface area (Å²) >= 11 is 0. The van der Waals surface area contributed by atoms with Gasteiger partial charge in [-0.2, -0.15) is 0 Å². The molecular formula is C16H28O6P2. The van der Waals surface area contributed by atoms with Crippen molar-refractivity contribution < 1.29 is 27.2 Å². The van der Waals surface area contributed by atoms with Crippen LogP contribution in [-0.2, 0) is 27.2 Å². The number of benzene rings is 1. The summed E-state index contributed by atoms with van der Waals surface area (Å²) in [4.78, 5) is 0. The summed E-state index contributed by atoms with van der Waals surface area (Å²) in [5.74, 6) is 0. The number of hydrogen-bond acceptors (Lipinski definition) is 6. The van der Waals surface area contributed by atoms with E-state index in [9.17, 15) is 9.13 Å². The normalized spacial score (nSPS) is 12.6. The third kappa shape index (κ3) is 4.57. The zero-order valence-corrected chi connectivity index (χ0v) is 17.1. The molecule has 0 spiro atoms. The van der Waals surface area contributed by atoms with Crippen LogP contribution in [0.1, 0.15) is 38.8 Å². The van der Waals surface area contributed by atoms with Gasteiger partial charge in [-0.05, 0) is 64.8 Å². The Labute approximate surface area is 144 Å². The molecule has 0 amide bonds. The molecule has 0 heterocycles. The third-order valence-corrected chi connectivity index (χ3v) is 8.06. The number of hydrogen-bond donors (Lipinski definition) is 0. The standard InChI is InChI=1S/C16H28O6P2/c1-7-19-23(17,20-8-2)15-11-12-16(14(6)13(15)5)24(18,21-9-3)22-10-4/h11-12H,7-10H2,1-6H3. The Balaban J connectivity index is 3.46. The van der Waals surface area contributed by atoms with Crippen molar-refractivity contribution in [1.29, 1.82) is 0 Å². The molecule has 0 saturated heterocycles. The monoisotopic (exact) mass is 378 g/mol. The lowest BCUT2D eigenvalue weighted by atomic mass is 10.1. The van der Waals surface area contributed by atoms with E-state index in [1.165, 1.54) is 0 Å². The maximum atomic E-state index is 13.0. The Hall–Kier alpha value is -0.480. The molecule has 0 fully saturated rings. The molecule has 0 bridgehead atoms. The molecule has 8 heteroatoms. The Kier molecular flexibility index (Phi) is 8.34. The van der Waals surface area contributed by atoms with Crippen molar-refractivity contribution in [2.75, 3.05) is 26.4 Å². The molecule has 0 radical (unpaired) electrons. The van der Waals surface area contributed by atoms with Gasteiger partial charge in [0.25, 0.3) is 0 Å². The molecule has 0 aliphatic carbocycles. The molecule has 1 rings (SSSR count). The quantitative estimate of drug-likeness (QED) is 0.571. The van der Waals surface area contributed by atoms with Gasteiger partial charge >= 0.3 is 15.2 Å². The van der Waals surface area contributed by atoms with E-state index in [-0.39, 0.29) is 26.4 Å². The summed E-state index contributed by atoms with van der Waals surface area (Å²) in [7, 11) is -6.82. The van der Waals surface area contributed by atoms with Gasteiger partial charge in [0.2, 0.25) is 0 Å². The highest BCUT2D eigenvalue weighted by Gasteiger charge is 2.34. The maximum absolute atomic E-state index is 13.0. The Morgan fingerprint density at radius 1 is 0.667 bits per heavy atom. The van der Waals surface area contributed by atoms with Crippen LogP contribution in [0.15, 0.2) is 12.1 Å². The predicted octanol–water partition coefficient (Wildman–Crippen LogP) is 4.09. The Bertz CT molecular complexity index is 569. The van der Waals surface area contributed by atoms with Crippen molar-refractivity contribution in [3.05, 3.63) is 23.3 Å². The number of rotatable bonds is 10. The van der Waals surface area contributed by atoms with Gasteiger partial charge in [-0.3, -0.25) is 9.13 Å². The van der Waals surface area contributed by atoms with Crippen molar-refractivity contribution in [2.24, 2.45) is 0 Å². The fourth-order valence-corrected chi connectivity index (χ4v) is 6.15. The second-order valence-electron chi connectivity index (χ2n) is 5.02. The highest BCUT2D eigenvalue weighted by molar-refractivity contribution is 7.63. The fourth-order valence-electron chi connectivity index (χ4n) is 2.42. The van der Waals surface area contributed by atoms with Gasteiger partial charge in [0.05, 0.1) is 37.0 Å². The highest BCUT2D eigenvalue weighted by atomic mass is 31.2. The lowest BCUT2D eigenvalue weighted by molar-refractivity contribution is 0.228. The first kappa shape index (κ1) is 21.6. The van der Waals surface area contributed by atoms with Gasteiger partial charge in [-0.1, -0.05) is 0 Å². The summed E-state index contributed by atoms with van der Waals surface area (Å²) in [6.45, 7) is 11.8. The summed E-state index contributed by atoms with van der Waals surface area (Å²) in [5.41, 5.74) is 1.41. The second kappa shape index (κ2) is 9.28. The minimum atomic E-state index is -3.41. The second-order valence-corrected chi connectivity index (χ2v) is 9.01. The van der Waals surface area contributed by atoms with Gasteiger partial charge in [-0.15, -0.1) is 0 Å². The molecule has 0 aliphatic rings. The molecule has 0 unspecified atom stereocenters. The molecule has 0 saturated carbocycles. The van der Waals surface area contributed by atoms with Crippen LogP contribution in [-0.4, -0.2) is 26.4 Å². The average Bonchev–Trinajstić information content (AvgIpc) is 2.50. The minimum absolute atomic E-state index is 0.272. The van der Waals surface area contributed by atoms with Crippen LogP contribution in [0.2, 0.25) is 0 Å². The summed E-state index contributed by atoms with van der Waals surface area (Å²) < 4.78 is 47.7. The fraction of sp³-hybridized carbons (Fsp3) is 0.625. The van der Waals surface area contributed by atoms with E-state index < -0.39 is 15.2 Å². The first-order valence-corrected chi connectivity index (χ1v) is 11.3. The van der Waals surface area contributed by atoms with Gasteiger partial charge in [0.15, 0.2) is 0 Å². The minimum Gasteiger partial charge on any atom is -0.305 e. The Morgan fingerprint density at radius 2 is 0.917 bits per heavy atom. The average molecular weight is 378 g/mol. The summed E-state index contributed by atoms with van der Waals surface area (Å²) in [6.07, 6.45) is 0. The largest absolute Gasteiger partial charge is 0.361 e. The van der Waals surface area contributed by atoms with Crippen LogP contribution in [0.5, 0.6) is 0 Å². The summed E-state index contributed by atoms with van der Waals surface area (Å²) in [5, 5.41) is 0.957. The SMILES string of the molecule is CCOP(=O)(OCC)c1ccc(P(=O)(OCC)OCC)c(C)c1C. The summed E-state index contributed by atoms with van der Waals surface area (Å²) in [6, 6.07) is 3.27. The van der Waals surface area contributed by atoms with Gasteiger partial charge in [-0.25, -0.2) is 0 Å². The molecule has 0 aromatic heterocycles. The first-order chi connectivity index (χ1) is 11.3. The van der Waals surface area contributed by atoms with Crippen molar-refractivity contribution >= 4 is 25.8 Å². The van der Waals surface area contributed by atoms with E-state index >= 15 is 0 Å². The van der Waals surface area contributed by atoms with E-state index in [1.807, 2.05) is 0 Å². The van der Waals surface area contributed by atoms with Crippen LogP contribution in [0.4, 0.5) is 0 Å². The van der Waals surface area contributed by atoms with Crippen LogP contribution in [0, 0.1) is 13.8 Å². The van der Waals surface area contributed by atoms with Gasteiger partial charge in [0, 0.05) is 0 Å². The lowest BCUT2D eigenvalue weighted by Gasteiger charge is -2.24. The van der Waals surface area contributed by atoms with Gasteiger partial charge in [0.1, 0.15) is 0 Å². The first-order valence-electron chi connectivity index (χ1n) is 8.19. The molecule has 1 aromatic carbocycles. The molecule has 6 nitrogen and oxygen atoms in total. The molecule has 1 aromatic rings. The molecular weight excluding hydrogens is 350 g/mol. The zero-order chi connectivity index (χ0) is 18.4. The van der Waals surface area contributed by atoms with Crippen LogP contribution >= 0.6 is 15.2 Å². The van der Waals surface area contributed by atoms with E-state index in [1.54, 1.807) is 53.7 Å². The Morgan fingerprint density at radius 3 is 1.12 bits per heavy atom. The molecule has 138 valence electrons. The van der Waals surface area contributed by atoms with Crippen molar-refractivity contribution in [1.82, 2.24) is 0 Å². The van der Waals surface area contributed by atoms with E-state index in [0.717, 1.165) is 0 Å². The highest BCUT2D eigenvalue weighted by Crippen LogP contribution is 2.51. The molecule has 0 N–H and O–H groups in total. The maximum Gasteiger partial charge on any atom is 0.361 e.